The van der Waals surface area contributed by atoms with E-state index in [4.69, 9.17) is 0 Å². The topological polar surface area (TPSA) is 66.0 Å². The van der Waals surface area contributed by atoms with Gasteiger partial charge in [-0.05, 0) is 19.3 Å². The molecule has 2 N–H and O–H groups in total. The molecule has 0 aliphatic heterocycles. The lowest BCUT2D eigenvalue weighted by molar-refractivity contribution is 0.440. The van der Waals surface area contributed by atoms with Crippen LogP contribution < -0.4 is 5.56 Å². The van der Waals surface area contributed by atoms with Crippen molar-refractivity contribution in [1.29, 1.82) is 0 Å². The average Bonchev–Trinajstić information content (AvgIpc) is 2.85. The van der Waals surface area contributed by atoms with Crippen LogP contribution in [0.25, 0.3) is 0 Å². The largest absolute Gasteiger partial charge is 0.493 e. The molecule has 0 amide bonds. The molecular formula is C9H12N2O2. The number of hydrogen-bond donors (Lipinski definition) is 2. The zero-order valence-corrected chi connectivity index (χ0v) is 7.50. The van der Waals surface area contributed by atoms with Gasteiger partial charge in [0.15, 0.2) is 0 Å². The van der Waals surface area contributed by atoms with Crippen LogP contribution in [0.5, 0.6) is 5.88 Å². The van der Waals surface area contributed by atoms with Crippen molar-refractivity contribution in [2.24, 2.45) is 0 Å². The second-order valence-electron chi connectivity index (χ2n) is 3.38. The molecule has 1 aliphatic rings. The Morgan fingerprint density at radius 3 is 2.77 bits per heavy atom. The summed E-state index contributed by atoms with van der Waals surface area (Å²) in [6, 6.07) is 0. The number of aromatic hydroxyl groups is 1. The maximum absolute atomic E-state index is 11.4. The third-order valence-electron chi connectivity index (χ3n) is 2.33. The van der Waals surface area contributed by atoms with E-state index in [1.165, 1.54) is 0 Å². The zero-order valence-electron chi connectivity index (χ0n) is 7.50. The van der Waals surface area contributed by atoms with E-state index in [1.54, 1.807) is 0 Å². The Hall–Kier alpha value is -1.32. The van der Waals surface area contributed by atoms with Crippen molar-refractivity contribution in [1.82, 2.24) is 9.97 Å². The highest BCUT2D eigenvalue weighted by Crippen LogP contribution is 2.38. The van der Waals surface area contributed by atoms with E-state index in [1.807, 2.05) is 6.92 Å². The molecule has 0 spiro atoms. The van der Waals surface area contributed by atoms with Crippen LogP contribution in [-0.4, -0.2) is 15.1 Å². The summed E-state index contributed by atoms with van der Waals surface area (Å²) in [5.74, 6) is 0.900. The Morgan fingerprint density at radius 2 is 2.31 bits per heavy atom. The van der Waals surface area contributed by atoms with Crippen molar-refractivity contribution in [3.8, 4) is 5.88 Å². The molecule has 0 unspecified atom stereocenters. The Bertz CT molecular complexity index is 380. The normalized spacial score (nSPS) is 16.1. The Kier molecular flexibility index (Phi) is 1.83. The van der Waals surface area contributed by atoms with Gasteiger partial charge in [0.2, 0.25) is 5.88 Å². The number of nitrogens with zero attached hydrogens (tertiary/aromatic N) is 1. The molecule has 1 aliphatic carbocycles. The first-order valence-electron chi connectivity index (χ1n) is 4.54. The van der Waals surface area contributed by atoms with Crippen LogP contribution in [0.1, 0.15) is 37.1 Å². The molecule has 1 aromatic rings. The molecule has 0 atom stereocenters. The van der Waals surface area contributed by atoms with Crippen LogP contribution in [-0.2, 0) is 6.42 Å². The molecular weight excluding hydrogens is 168 g/mol. The Morgan fingerprint density at radius 1 is 1.62 bits per heavy atom. The monoisotopic (exact) mass is 180 g/mol. The molecule has 1 saturated carbocycles. The highest BCUT2D eigenvalue weighted by molar-refractivity contribution is 5.24. The number of aromatic amines is 1. The van der Waals surface area contributed by atoms with Crippen LogP contribution in [0, 0.1) is 0 Å². The summed E-state index contributed by atoms with van der Waals surface area (Å²) in [6.45, 7) is 1.82. The van der Waals surface area contributed by atoms with Gasteiger partial charge in [-0.1, -0.05) is 6.92 Å². The van der Waals surface area contributed by atoms with Crippen molar-refractivity contribution in [3.63, 3.8) is 0 Å². The van der Waals surface area contributed by atoms with Gasteiger partial charge in [0, 0.05) is 5.92 Å². The minimum Gasteiger partial charge on any atom is -0.493 e. The number of rotatable bonds is 2. The minimum absolute atomic E-state index is 0.104. The first-order valence-corrected chi connectivity index (χ1v) is 4.54. The molecule has 2 rings (SSSR count). The summed E-state index contributed by atoms with van der Waals surface area (Å²) in [6.07, 6.45) is 2.64. The van der Waals surface area contributed by atoms with Crippen LogP contribution in [0.3, 0.4) is 0 Å². The van der Waals surface area contributed by atoms with E-state index >= 15 is 0 Å². The molecule has 0 radical (unpaired) electrons. The molecule has 0 bridgehead atoms. The van der Waals surface area contributed by atoms with Crippen LogP contribution in [0.15, 0.2) is 4.79 Å². The number of H-pyrrole nitrogens is 1. The predicted molar refractivity (Wildman–Crippen MR) is 47.9 cm³/mol. The molecule has 0 saturated heterocycles. The van der Waals surface area contributed by atoms with E-state index in [0.717, 1.165) is 12.8 Å². The van der Waals surface area contributed by atoms with Gasteiger partial charge in [-0.25, -0.2) is 0 Å². The molecule has 1 aromatic heterocycles. The molecule has 70 valence electrons. The number of aromatic nitrogens is 2. The fourth-order valence-electron chi connectivity index (χ4n) is 1.37. The van der Waals surface area contributed by atoms with Gasteiger partial charge in [0.05, 0.1) is 5.56 Å². The molecule has 1 heterocycles. The second-order valence-corrected chi connectivity index (χ2v) is 3.38. The van der Waals surface area contributed by atoms with Crippen molar-refractivity contribution >= 4 is 0 Å². The van der Waals surface area contributed by atoms with Gasteiger partial charge in [-0.15, -0.1) is 0 Å². The summed E-state index contributed by atoms with van der Waals surface area (Å²) >= 11 is 0. The predicted octanol–water partition coefficient (Wildman–Crippen LogP) is 0.915. The summed E-state index contributed by atoms with van der Waals surface area (Å²) in [4.78, 5) is 18.0. The summed E-state index contributed by atoms with van der Waals surface area (Å²) < 4.78 is 0. The van der Waals surface area contributed by atoms with Gasteiger partial charge in [-0.2, -0.15) is 4.98 Å². The summed E-state index contributed by atoms with van der Waals surface area (Å²) in [5, 5.41) is 9.42. The zero-order chi connectivity index (χ0) is 9.42. The maximum Gasteiger partial charge on any atom is 0.257 e. The van der Waals surface area contributed by atoms with Crippen molar-refractivity contribution in [3.05, 3.63) is 21.7 Å². The first kappa shape index (κ1) is 8.29. The SMILES string of the molecule is CCc1c(O)nc(C2CC2)[nH]c1=O. The highest BCUT2D eigenvalue weighted by atomic mass is 16.3. The third kappa shape index (κ3) is 1.43. The van der Waals surface area contributed by atoms with E-state index in [2.05, 4.69) is 9.97 Å². The number of nitrogens with one attached hydrogen (secondary N) is 1. The van der Waals surface area contributed by atoms with Crippen LogP contribution in [0.4, 0.5) is 0 Å². The molecule has 4 nitrogen and oxygen atoms in total. The lowest BCUT2D eigenvalue weighted by Gasteiger charge is -2.02. The van der Waals surface area contributed by atoms with Gasteiger partial charge < -0.3 is 10.1 Å². The lowest BCUT2D eigenvalue weighted by Crippen LogP contribution is -2.15. The van der Waals surface area contributed by atoms with Gasteiger partial charge in [-0.3, -0.25) is 4.79 Å². The highest BCUT2D eigenvalue weighted by Gasteiger charge is 2.27. The fourth-order valence-corrected chi connectivity index (χ4v) is 1.37. The van der Waals surface area contributed by atoms with Crippen molar-refractivity contribution < 1.29 is 5.11 Å². The van der Waals surface area contributed by atoms with Gasteiger partial charge in [0.1, 0.15) is 5.82 Å². The first-order chi connectivity index (χ1) is 6.22. The van der Waals surface area contributed by atoms with E-state index < -0.39 is 0 Å². The third-order valence-corrected chi connectivity index (χ3v) is 2.33. The lowest BCUT2D eigenvalue weighted by atomic mass is 10.2. The van der Waals surface area contributed by atoms with E-state index in [0.29, 0.717) is 23.7 Å². The molecule has 0 aromatic carbocycles. The van der Waals surface area contributed by atoms with Gasteiger partial charge >= 0.3 is 0 Å². The Labute approximate surface area is 75.6 Å². The van der Waals surface area contributed by atoms with Crippen LogP contribution >= 0.6 is 0 Å². The summed E-state index contributed by atoms with van der Waals surface area (Å²) in [5.41, 5.74) is 0.182. The number of hydrogen-bond acceptors (Lipinski definition) is 3. The standard InChI is InChI=1S/C9H12N2O2/c1-2-6-8(12)10-7(5-3-4-5)11-9(6)13/h5H,2-4H2,1H3,(H2,10,11,12,13). The van der Waals surface area contributed by atoms with Crippen molar-refractivity contribution in [2.75, 3.05) is 0 Å². The Balaban J connectivity index is 2.48. The van der Waals surface area contributed by atoms with Crippen molar-refractivity contribution in [2.45, 2.75) is 32.1 Å². The molecule has 1 fully saturated rings. The molecule has 13 heavy (non-hydrogen) atoms. The average molecular weight is 180 g/mol. The maximum atomic E-state index is 11.4. The van der Waals surface area contributed by atoms with Gasteiger partial charge in [0.25, 0.3) is 5.56 Å². The van der Waals surface area contributed by atoms with E-state index in [-0.39, 0.29) is 11.4 Å². The van der Waals surface area contributed by atoms with E-state index in [9.17, 15) is 9.90 Å². The van der Waals surface area contributed by atoms with Crippen LogP contribution in [0.2, 0.25) is 0 Å². The minimum atomic E-state index is -0.197. The second kappa shape index (κ2) is 2.87. The summed E-state index contributed by atoms with van der Waals surface area (Å²) in [7, 11) is 0. The smallest absolute Gasteiger partial charge is 0.257 e. The molecule has 4 heteroatoms. The quantitative estimate of drug-likeness (QED) is 0.711. The fraction of sp³-hybridized carbons (Fsp3) is 0.556.